The second-order valence-corrected chi connectivity index (χ2v) is 5.64. The van der Waals surface area contributed by atoms with Crippen molar-refractivity contribution in [2.75, 3.05) is 7.11 Å². The molecule has 0 saturated carbocycles. The number of benzene rings is 2. The number of aliphatic hydroxyl groups excluding tert-OH is 1. The smallest absolute Gasteiger partial charge is 0.124 e. The van der Waals surface area contributed by atoms with Gasteiger partial charge in [0.15, 0.2) is 0 Å². The number of methoxy groups -OCH3 is 1. The lowest BCUT2D eigenvalue weighted by Crippen LogP contribution is -2.03. The Morgan fingerprint density at radius 3 is 2.60 bits per heavy atom. The zero-order chi connectivity index (χ0) is 14.7. The Kier molecular flexibility index (Phi) is 4.78. The first kappa shape index (κ1) is 15.0. The molecule has 2 aromatic rings. The van der Waals surface area contributed by atoms with Crippen LogP contribution in [0.25, 0.3) is 0 Å². The molecule has 0 amide bonds. The monoisotopic (exact) mass is 338 g/mol. The van der Waals surface area contributed by atoms with Gasteiger partial charge >= 0.3 is 0 Å². The molecule has 0 aliphatic carbocycles. The molecular formula is C16H16BrFO2. The van der Waals surface area contributed by atoms with E-state index in [1.807, 2.05) is 25.1 Å². The Morgan fingerprint density at radius 1 is 1.25 bits per heavy atom. The summed E-state index contributed by atoms with van der Waals surface area (Å²) in [4.78, 5) is 0. The van der Waals surface area contributed by atoms with Crippen LogP contribution in [0.15, 0.2) is 40.9 Å². The minimum Gasteiger partial charge on any atom is -0.496 e. The molecule has 0 fully saturated rings. The van der Waals surface area contributed by atoms with Crippen LogP contribution in [-0.2, 0) is 6.42 Å². The van der Waals surface area contributed by atoms with Crippen LogP contribution < -0.4 is 4.74 Å². The number of halogens is 2. The first-order valence-electron chi connectivity index (χ1n) is 6.27. The van der Waals surface area contributed by atoms with Gasteiger partial charge in [-0.3, -0.25) is 0 Å². The molecule has 4 heteroatoms. The summed E-state index contributed by atoms with van der Waals surface area (Å²) in [6.45, 7) is 1.95. The van der Waals surface area contributed by atoms with Crippen molar-refractivity contribution >= 4 is 15.9 Å². The first-order chi connectivity index (χ1) is 9.49. The molecule has 0 aliphatic rings. The normalized spacial score (nSPS) is 12.2. The van der Waals surface area contributed by atoms with E-state index >= 15 is 0 Å². The van der Waals surface area contributed by atoms with Gasteiger partial charge in [-0.2, -0.15) is 0 Å². The van der Waals surface area contributed by atoms with Crippen LogP contribution in [0.1, 0.15) is 22.8 Å². The Labute approximate surface area is 126 Å². The van der Waals surface area contributed by atoms with Crippen molar-refractivity contribution in [1.82, 2.24) is 0 Å². The molecule has 2 aromatic carbocycles. The van der Waals surface area contributed by atoms with Crippen LogP contribution in [-0.4, -0.2) is 12.2 Å². The molecule has 1 unspecified atom stereocenters. The molecule has 0 aromatic heterocycles. The maximum absolute atomic E-state index is 13.3. The Morgan fingerprint density at radius 2 is 2.00 bits per heavy atom. The second kappa shape index (κ2) is 6.37. The molecular weight excluding hydrogens is 323 g/mol. The van der Waals surface area contributed by atoms with Crippen molar-refractivity contribution in [3.8, 4) is 5.75 Å². The predicted octanol–water partition coefficient (Wildman–Crippen LogP) is 4.18. The highest BCUT2D eigenvalue weighted by atomic mass is 79.9. The summed E-state index contributed by atoms with van der Waals surface area (Å²) in [5.74, 6) is 0.455. The number of ether oxygens (including phenoxy) is 1. The molecule has 0 heterocycles. The maximum atomic E-state index is 13.3. The van der Waals surface area contributed by atoms with Gasteiger partial charge in [0, 0.05) is 10.9 Å². The van der Waals surface area contributed by atoms with Crippen LogP contribution in [0.2, 0.25) is 0 Å². The van der Waals surface area contributed by atoms with Crippen LogP contribution in [0.4, 0.5) is 4.39 Å². The molecule has 1 N–H and O–H groups in total. The van der Waals surface area contributed by atoms with E-state index in [2.05, 4.69) is 15.9 Å². The summed E-state index contributed by atoms with van der Waals surface area (Å²) in [7, 11) is 1.63. The van der Waals surface area contributed by atoms with Crippen LogP contribution in [0, 0.1) is 12.7 Å². The van der Waals surface area contributed by atoms with E-state index in [4.69, 9.17) is 4.74 Å². The summed E-state index contributed by atoms with van der Waals surface area (Å²) in [6, 6.07) is 10.2. The highest BCUT2D eigenvalue weighted by Crippen LogP contribution is 2.25. The number of hydrogen-bond donors (Lipinski definition) is 1. The standard InChI is InChI=1S/C16H16BrFO2/c1-10-5-11(3-4-16(10)20-2)6-15(19)12-7-13(17)9-14(18)8-12/h3-5,7-9,15,19H,6H2,1-2H3. The summed E-state index contributed by atoms with van der Waals surface area (Å²) >= 11 is 3.23. The topological polar surface area (TPSA) is 29.5 Å². The van der Waals surface area contributed by atoms with Crippen LogP contribution in [0.5, 0.6) is 5.75 Å². The van der Waals surface area contributed by atoms with Crippen molar-refractivity contribution < 1.29 is 14.2 Å². The van der Waals surface area contributed by atoms with Gasteiger partial charge in [0.25, 0.3) is 0 Å². The Hall–Kier alpha value is -1.39. The van der Waals surface area contributed by atoms with E-state index in [9.17, 15) is 9.50 Å². The number of rotatable bonds is 4. The average Bonchev–Trinajstić information content (AvgIpc) is 2.37. The molecule has 2 rings (SSSR count). The quantitative estimate of drug-likeness (QED) is 0.905. The van der Waals surface area contributed by atoms with Crippen molar-refractivity contribution in [2.45, 2.75) is 19.4 Å². The zero-order valence-corrected chi connectivity index (χ0v) is 12.9. The predicted molar refractivity (Wildman–Crippen MR) is 80.5 cm³/mol. The van der Waals surface area contributed by atoms with Crippen LogP contribution in [0.3, 0.4) is 0 Å². The number of hydrogen-bond acceptors (Lipinski definition) is 2. The van der Waals surface area contributed by atoms with E-state index in [0.29, 0.717) is 16.5 Å². The molecule has 106 valence electrons. The van der Waals surface area contributed by atoms with E-state index in [0.717, 1.165) is 16.9 Å². The lowest BCUT2D eigenvalue weighted by Gasteiger charge is -2.13. The third-order valence-electron chi connectivity index (χ3n) is 3.16. The highest BCUT2D eigenvalue weighted by molar-refractivity contribution is 9.10. The summed E-state index contributed by atoms with van der Waals surface area (Å²) < 4.78 is 19.2. The molecule has 2 nitrogen and oxygen atoms in total. The van der Waals surface area contributed by atoms with Gasteiger partial charge in [0.05, 0.1) is 13.2 Å². The van der Waals surface area contributed by atoms with Gasteiger partial charge < -0.3 is 9.84 Å². The van der Waals surface area contributed by atoms with E-state index in [1.54, 1.807) is 13.2 Å². The third-order valence-corrected chi connectivity index (χ3v) is 3.62. The van der Waals surface area contributed by atoms with E-state index in [1.165, 1.54) is 12.1 Å². The Balaban J connectivity index is 2.18. The van der Waals surface area contributed by atoms with E-state index in [-0.39, 0.29) is 5.82 Å². The molecule has 1 atom stereocenters. The van der Waals surface area contributed by atoms with Crippen molar-refractivity contribution in [2.24, 2.45) is 0 Å². The summed E-state index contributed by atoms with van der Waals surface area (Å²) in [5.41, 5.74) is 2.55. The van der Waals surface area contributed by atoms with Gasteiger partial charge in [-0.1, -0.05) is 28.1 Å². The van der Waals surface area contributed by atoms with Gasteiger partial charge in [-0.25, -0.2) is 4.39 Å². The minimum absolute atomic E-state index is 0.362. The molecule has 0 bridgehead atoms. The highest BCUT2D eigenvalue weighted by Gasteiger charge is 2.11. The zero-order valence-electron chi connectivity index (χ0n) is 11.4. The molecule has 0 radical (unpaired) electrons. The summed E-state index contributed by atoms with van der Waals surface area (Å²) in [5, 5.41) is 10.2. The van der Waals surface area contributed by atoms with Gasteiger partial charge in [0.1, 0.15) is 11.6 Å². The SMILES string of the molecule is COc1ccc(CC(O)c2cc(F)cc(Br)c2)cc1C. The van der Waals surface area contributed by atoms with Crippen molar-refractivity contribution in [3.63, 3.8) is 0 Å². The fourth-order valence-corrected chi connectivity index (χ4v) is 2.66. The fourth-order valence-electron chi connectivity index (χ4n) is 2.18. The lowest BCUT2D eigenvalue weighted by atomic mass is 10.00. The summed E-state index contributed by atoms with van der Waals surface area (Å²) in [6.07, 6.45) is -0.310. The second-order valence-electron chi connectivity index (χ2n) is 4.73. The van der Waals surface area contributed by atoms with Gasteiger partial charge in [-0.05, 0) is 47.9 Å². The molecule has 20 heavy (non-hydrogen) atoms. The first-order valence-corrected chi connectivity index (χ1v) is 7.06. The van der Waals surface area contributed by atoms with Gasteiger partial charge in [-0.15, -0.1) is 0 Å². The van der Waals surface area contributed by atoms with Crippen molar-refractivity contribution in [3.05, 3.63) is 63.4 Å². The average molecular weight is 339 g/mol. The fraction of sp³-hybridized carbons (Fsp3) is 0.250. The van der Waals surface area contributed by atoms with Crippen LogP contribution >= 0.6 is 15.9 Å². The lowest BCUT2D eigenvalue weighted by molar-refractivity contribution is 0.178. The maximum Gasteiger partial charge on any atom is 0.124 e. The van der Waals surface area contributed by atoms with Gasteiger partial charge in [0.2, 0.25) is 0 Å². The van der Waals surface area contributed by atoms with Crippen molar-refractivity contribution in [1.29, 1.82) is 0 Å². The largest absolute Gasteiger partial charge is 0.496 e. The van der Waals surface area contributed by atoms with E-state index < -0.39 is 6.10 Å². The third kappa shape index (κ3) is 3.58. The Bertz CT molecular complexity index is 593. The molecule has 0 spiro atoms. The molecule has 0 aliphatic heterocycles. The number of aliphatic hydroxyl groups is 1. The number of aryl methyl sites for hydroxylation is 1. The minimum atomic E-state index is -0.741. The molecule has 0 saturated heterocycles.